The number of thioether (sulfide) groups is 1. The van der Waals surface area contributed by atoms with Crippen LogP contribution in [-0.2, 0) is 4.79 Å². The highest BCUT2D eigenvalue weighted by molar-refractivity contribution is 8.01. The van der Waals surface area contributed by atoms with Crippen LogP contribution in [0.25, 0.3) is 0 Å². The van der Waals surface area contributed by atoms with Gasteiger partial charge in [-0.05, 0) is 12.1 Å². The van der Waals surface area contributed by atoms with Crippen molar-refractivity contribution >= 4 is 39.8 Å². The molecule has 0 atom stereocenters. The largest absolute Gasteiger partial charge is 0.374 e. The number of rotatable bonds is 4. The lowest BCUT2D eigenvalue weighted by Crippen LogP contribution is -2.49. The van der Waals surface area contributed by atoms with Crippen LogP contribution in [0.4, 0.5) is 10.8 Å². The molecule has 1 aliphatic heterocycles. The number of nitrogens with zero attached hydrogens (tertiary/aromatic N) is 4. The van der Waals surface area contributed by atoms with Crippen molar-refractivity contribution in [1.82, 2.24) is 15.1 Å². The Morgan fingerprint density at radius 1 is 1.18 bits per heavy atom. The van der Waals surface area contributed by atoms with Gasteiger partial charge >= 0.3 is 0 Å². The van der Waals surface area contributed by atoms with Gasteiger partial charge in [0.05, 0.1) is 5.75 Å². The van der Waals surface area contributed by atoms with Crippen LogP contribution in [0.15, 0.2) is 34.7 Å². The molecule has 22 heavy (non-hydrogen) atoms. The van der Waals surface area contributed by atoms with Crippen molar-refractivity contribution in [2.75, 3.05) is 42.6 Å². The third-order valence-electron chi connectivity index (χ3n) is 3.49. The van der Waals surface area contributed by atoms with E-state index in [0.717, 1.165) is 30.5 Å². The summed E-state index contributed by atoms with van der Waals surface area (Å²) >= 11 is 2.71. The van der Waals surface area contributed by atoms with Crippen molar-refractivity contribution in [3.8, 4) is 0 Å². The topological polar surface area (TPSA) is 75.3 Å². The first kappa shape index (κ1) is 15.1. The number of piperazine rings is 1. The average molecular weight is 335 g/mol. The Hall–Kier alpha value is -1.80. The number of para-hydroxylation sites is 1. The predicted octanol–water partition coefficient (Wildman–Crippen LogP) is 1.56. The first-order valence-electron chi connectivity index (χ1n) is 7.02. The molecule has 116 valence electrons. The van der Waals surface area contributed by atoms with E-state index in [1.807, 2.05) is 23.1 Å². The minimum absolute atomic E-state index is 0.145. The van der Waals surface area contributed by atoms with Crippen LogP contribution in [0.1, 0.15) is 0 Å². The van der Waals surface area contributed by atoms with E-state index in [1.165, 1.54) is 28.8 Å². The normalized spacial score (nSPS) is 15.1. The zero-order valence-corrected chi connectivity index (χ0v) is 13.6. The summed E-state index contributed by atoms with van der Waals surface area (Å²) < 4.78 is 0.744. The van der Waals surface area contributed by atoms with Crippen LogP contribution < -0.4 is 10.6 Å². The maximum absolute atomic E-state index is 12.2. The molecule has 0 bridgehead atoms. The molecule has 1 fully saturated rings. The van der Waals surface area contributed by atoms with Crippen LogP contribution >= 0.6 is 23.1 Å². The molecule has 2 N–H and O–H groups in total. The number of nitrogens with two attached hydrogens (primary N) is 1. The van der Waals surface area contributed by atoms with E-state index in [4.69, 9.17) is 5.73 Å². The predicted molar refractivity (Wildman–Crippen MR) is 90.3 cm³/mol. The third kappa shape index (κ3) is 3.69. The highest BCUT2D eigenvalue weighted by Gasteiger charge is 2.21. The van der Waals surface area contributed by atoms with Crippen LogP contribution in [0.5, 0.6) is 0 Å². The Balaban J connectivity index is 1.47. The van der Waals surface area contributed by atoms with Gasteiger partial charge in [0.1, 0.15) is 0 Å². The van der Waals surface area contributed by atoms with Crippen molar-refractivity contribution in [1.29, 1.82) is 0 Å². The number of benzene rings is 1. The van der Waals surface area contributed by atoms with E-state index in [-0.39, 0.29) is 5.91 Å². The maximum atomic E-state index is 12.2. The van der Waals surface area contributed by atoms with Gasteiger partial charge in [0.25, 0.3) is 0 Å². The molecule has 3 rings (SSSR count). The Morgan fingerprint density at radius 2 is 1.91 bits per heavy atom. The SMILES string of the molecule is Nc1nnc(SCC(=O)N2CCN(c3ccccc3)CC2)s1. The van der Waals surface area contributed by atoms with E-state index >= 15 is 0 Å². The average Bonchev–Trinajstić information content (AvgIpc) is 2.99. The number of hydrogen-bond acceptors (Lipinski definition) is 7. The number of anilines is 2. The van der Waals surface area contributed by atoms with Crippen LogP contribution in [0.3, 0.4) is 0 Å². The van der Waals surface area contributed by atoms with E-state index in [2.05, 4.69) is 27.2 Å². The molecular formula is C14H17N5OS2. The standard InChI is InChI=1S/C14H17N5OS2/c15-13-16-17-14(22-13)21-10-12(20)19-8-6-18(7-9-19)11-4-2-1-3-5-11/h1-5H,6-10H2,(H2,15,16). The summed E-state index contributed by atoms with van der Waals surface area (Å²) in [5.74, 6) is 0.534. The quantitative estimate of drug-likeness (QED) is 0.855. The molecule has 6 nitrogen and oxygen atoms in total. The summed E-state index contributed by atoms with van der Waals surface area (Å²) in [4.78, 5) is 16.5. The Morgan fingerprint density at radius 3 is 2.55 bits per heavy atom. The van der Waals surface area contributed by atoms with Crippen molar-refractivity contribution in [2.45, 2.75) is 4.34 Å². The second-order valence-electron chi connectivity index (χ2n) is 4.90. The molecule has 0 radical (unpaired) electrons. The number of hydrogen-bond donors (Lipinski definition) is 1. The van der Waals surface area contributed by atoms with Crippen molar-refractivity contribution in [3.63, 3.8) is 0 Å². The summed E-state index contributed by atoms with van der Waals surface area (Å²) in [5.41, 5.74) is 6.75. The summed E-state index contributed by atoms with van der Waals surface area (Å²) in [6.07, 6.45) is 0. The zero-order chi connectivity index (χ0) is 15.4. The fourth-order valence-corrected chi connectivity index (χ4v) is 3.89. The van der Waals surface area contributed by atoms with Crippen molar-refractivity contribution in [2.24, 2.45) is 0 Å². The molecule has 2 aromatic rings. The number of aromatic nitrogens is 2. The highest BCUT2D eigenvalue weighted by Crippen LogP contribution is 2.24. The van der Waals surface area contributed by atoms with Crippen LogP contribution in [-0.4, -0.2) is 52.9 Å². The van der Waals surface area contributed by atoms with Gasteiger partial charge in [-0.15, -0.1) is 10.2 Å². The lowest BCUT2D eigenvalue weighted by molar-refractivity contribution is -0.128. The smallest absolute Gasteiger partial charge is 0.233 e. The number of carbonyl (C=O) groups excluding carboxylic acids is 1. The van der Waals surface area contributed by atoms with Crippen molar-refractivity contribution in [3.05, 3.63) is 30.3 Å². The minimum Gasteiger partial charge on any atom is -0.374 e. The number of carbonyl (C=O) groups is 1. The van der Waals surface area contributed by atoms with E-state index in [1.54, 1.807) is 0 Å². The third-order valence-corrected chi connectivity index (χ3v) is 5.37. The Bertz CT molecular complexity index is 625. The molecule has 0 aliphatic carbocycles. The van der Waals surface area contributed by atoms with Gasteiger partial charge in [-0.1, -0.05) is 41.3 Å². The zero-order valence-electron chi connectivity index (χ0n) is 12.0. The Labute approximate surface area is 137 Å². The Kier molecular flexibility index (Phi) is 4.79. The van der Waals surface area contributed by atoms with Gasteiger partial charge in [-0.3, -0.25) is 4.79 Å². The summed E-state index contributed by atoms with van der Waals surface area (Å²) in [7, 11) is 0. The molecule has 0 saturated carbocycles. The fraction of sp³-hybridized carbons (Fsp3) is 0.357. The molecule has 1 amide bonds. The minimum atomic E-state index is 0.145. The number of amides is 1. The second kappa shape index (κ2) is 6.97. The van der Waals surface area contributed by atoms with Gasteiger partial charge < -0.3 is 15.5 Å². The molecule has 1 aliphatic rings. The van der Waals surface area contributed by atoms with Crippen LogP contribution in [0, 0.1) is 0 Å². The molecule has 1 saturated heterocycles. The lowest BCUT2D eigenvalue weighted by Gasteiger charge is -2.36. The number of nitrogen functional groups attached to an aromatic ring is 1. The first-order chi connectivity index (χ1) is 10.7. The van der Waals surface area contributed by atoms with E-state index in [0.29, 0.717) is 10.9 Å². The summed E-state index contributed by atoms with van der Waals surface area (Å²) in [6.45, 7) is 3.25. The van der Waals surface area contributed by atoms with Gasteiger partial charge in [-0.2, -0.15) is 0 Å². The highest BCUT2D eigenvalue weighted by atomic mass is 32.2. The fourth-order valence-electron chi connectivity index (χ4n) is 2.35. The maximum Gasteiger partial charge on any atom is 0.233 e. The molecule has 1 aromatic carbocycles. The molecular weight excluding hydrogens is 318 g/mol. The summed E-state index contributed by atoms with van der Waals surface area (Å²) in [5, 5.41) is 8.09. The monoisotopic (exact) mass is 335 g/mol. The van der Waals surface area contributed by atoms with Gasteiger partial charge in [0.2, 0.25) is 11.0 Å². The van der Waals surface area contributed by atoms with Crippen LogP contribution in [0.2, 0.25) is 0 Å². The first-order valence-corrected chi connectivity index (χ1v) is 8.82. The lowest BCUT2D eigenvalue weighted by atomic mass is 10.2. The van der Waals surface area contributed by atoms with Gasteiger partial charge in [0, 0.05) is 31.9 Å². The van der Waals surface area contributed by atoms with Crippen molar-refractivity contribution < 1.29 is 4.79 Å². The molecule has 0 spiro atoms. The molecule has 0 unspecified atom stereocenters. The summed E-state index contributed by atoms with van der Waals surface area (Å²) in [6, 6.07) is 10.3. The molecule has 8 heteroatoms. The molecule has 1 aromatic heterocycles. The van der Waals surface area contributed by atoms with Gasteiger partial charge in [-0.25, -0.2) is 0 Å². The van der Waals surface area contributed by atoms with E-state index in [9.17, 15) is 4.79 Å². The van der Waals surface area contributed by atoms with E-state index < -0.39 is 0 Å². The van der Waals surface area contributed by atoms with Gasteiger partial charge in [0.15, 0.2) is 4.34 Å². The molecule has 2 heterocycles. The second-order valence-corrected chi connectivity index (χ2v) is 7.13.